The second-order valence-corrected chi connectivity index (χ2v) is 6.81. The van der Waals surface area contributed by atoms with Gasteiger partial charge in [-0.15, -0.1) is 0 Å². The molecule has 3 aromatic heterocycles. The van der Waals surface area contributed by atoms with E-state index in [2.05, 4.69) is 20.3 Å². The first-order valence-electron chi connectivity index (χ1n) is 9.08. The molecule has 140 valence electrons. The molecule has 0 aromatic carbocycles. The molecule has 1 aliphatic carbocycles. The number of nitrogen functional groups attached to an aromatic ring is 1. The first kappa shape index (κ1) is 17.4. The molecule has 27 heavy (non-hydrogen) atoms. The first-order chi connectivity index (χ1) is 13.0. The van der Waals surface area contributed by atoms with Crippen LogP contribution in [-0.2, 0) is 6.54 Å². The van der Waals surface area contributed by atoms with Crippen LogP contribution in [0, 0.1) is 0 Å². The topological polar surface area (TPSA) is 98.7 Å². The molecular formula is C19H21FN6O. The molecule has 4 rings (SSSR count). The summed E-state index contributed by atoms with van der Waals surface area (Å²) in [5.74, 6) is 0.662. The minimum Gasteiger partial charge on any atom is -0.368 e. The van der Waals surface area contributed by atoms with Gasteiger partial charge in [-0.1, -0.05) is 0 Å². The molecule has 3 N–H and O–H groups in total. The lowest BCUT2D eigenvalue weighted by Gasteiger charge is -2.16. The Labute approximate surface area is 155 Å². The molecule has 0 aliphatic heterocycles. The van der Waals surface area contributed by atoms with Crippen LogP contribution < -0.4 is 16.6 Å². The number of nitrogens with two attached hydrogens (primary N) is 1. The standard InChI is InChI=1S/C19H21FN6O/c1-2-26-6-5-11-7-15(12-9-22-19(21)23-10-12)25-17(16(11)18(26)27)24-14-4-3-13(20)8-14/h5-7,9-10,13-14H,2-4,8H2,1H3,(H,24,25)(H2,21,22,23)/t13?,14-/m1/s1. The fraction of sp³-hybridized carbons (Fsp3) is 0.368. The highest BCUT2D eigenvalue weighted by molar-refractivity contribution is 5.93. The van der Waals surface area contributed by atoms with Crippen molar-refractivity contribution in [2.75, 3.05) is 11.1 Å². The Balaban J connectivity index is 1.87. The molecule has 3 heterocycles. The van der Waals surface area contributed by atoms with Gasteiger partial charge in [0.25, 0.3) is 5.56 Å². The number of hydrogen-bond donors (Lipinski definition) is 2. The molecule has 3 aromatic rings. The van der Waals surface area contributed by atoms with Crippen LogP contribution in [0.25, 0.3) is 22.0 Å². The molecule has 1 saturated carbocycles. The van der Waals surface area contributed by atoms with Crippen molar-refractivity contribution in [1.29, 1.82) is 0 Å². The van der Waals surface area contributed by atoms with E-state index in [1.807, 2.05) is 19.1 Å². The number of hydrogen-bond acceptors (Lipinski definition) is 6. The van der Waals surface area contributed by atoms with Gasteiger partial charge < -0.3 is 15.6 Å². The van der Waals surface area contributed by atoms with Crippen LogP contribution in [0.1, 0.15) is 26.2 Å². The number of nitrogens with zero attached hydrogens (tertiary/aromatic N) is 4. The average Bonchev–Trinajstić information content (AvgIpc) is 3.07. The van der Waals surface area contributed by atoms with Crippen LogP contribution in [0.15, 0.2) is 35.5 Å². The van der Waals surface area contributed by atoms with Crippen LogP contribution in [-0.4, -0.2) is 31.7 Å². The van der Waals surface area contributed by atoms with Crippen LogP contribution in [0.2, 0.25) is 0 Å². The van der Waals surface area contributed by atoms with Crippen molar-refractivity contribution in [1.82, 2.24) is 19.5 Å². The lowest BCUT2D eigenvalue weighted by Crippen LogP contribution is -2.23. The number of pyridine rings is 2. The zero-order valence-electron chi connectivity index (χ0n) is 15.0. The van der Waals surface area contributed by atoms with E-state index in [-0.39, 0.29) is 17.5 Å². The van der Waals surface area contributed by atoms with E-state index in [0.717, 1.165) is 5.39 Å². The number of aromatic nitrogens is 4. The minimum absolute atomic E-state index is 0.0386. The van der Waals surface area contributed by atoms with Crippen molar-refractivity contribution in [3.8, 4) is 11.3 Å². The SMILES string of the molecule is CCn1ccc2cc(-c3cnc(N)nc3)nc(N[C@@H]3CCC(F)C3)c2c1=O. The van der Waals surface area contributed by atoms with E-state index in [1.165, 1.54) is 0 Å². The second kappa shape index (κ2) is 6.94. The zero-order valence-corrected chi connectivity index (χ0v) is 15.0. The summed E-state index contributed by atoms with van der Waals surface area (Å²) in [4.78, 5) is 25.6. The van der Waals surface area contributed by atoms with Gasteiger partial charge in [0.2, 0.25) is 5.95 Å². The largest absolute Gasteiger partial charge is 0.368 e. The van der Waals surface area contributed by atoms with Crippen molar-refractivity contribution in [2.24, 2.45) is 0 Å². The number of halogens is 1. The van der Waals surface area contributed by atoms with Gasteiger partial charge in [0.15, 0.2) is 0 Å². The highest BCUT2D eigenvalue weighted by Crippen LogP contribution is 2.29. The predicted molar refractivity (Wildman–Crippen MR) is 103 cm³/mol. The number of anilines is 2. The smallest absolute Gasteiger partial charge is 0.262 e. The Morgan fingerprint density at radius 3 is 2.78 bits per heavy atom. The Morgan fingerprint density at radius 2 is 2.11 bits per heavy atom. The van der Waals surface area contributed by atoms with E-state index in [0.29, 0.717) is 48.3 Å². The number of fused-ring (bicyclic) bond motifs is 1. The van der Waals surface area contributed by atoms with Crippen molar-refractivity contribution < 1.29 is 4.39 Å². The molecule has 2 atom stereocenters. The Hall–Kier alpha value is -3.03. The maximum Gasteiger partial charge on any atom is 0.262 e. The van der Waals surface area contributed by atoms with Gasteiger partial charge >= 0.3 is 0 Å². The van der Waals surface area contributed by atoms with Gasteiger partial charge in [0, 0.05) is 36.7 Å². The molecular weight excluding hydrogens is 347 g/mol. The summed E-state index contributed by atoms with van der Waals surface area (Å²) in [7, 11) is 0. The molecule has 8 heteroatoms. The van der Waals surface area contributed by atoms with Gasteiger partial charge in [0.1, 0.15) is 12.0 Å². The van der Waals surface area contributed by atoms with Crippen LogP contribution in [0.5, 0.6) is 0 Å². The van der Waals surface area contributed by atoms with Crippen molar-refractivity contribution in [3.63, 3.8) is 0 Å². The quantitative estimate of drug-likeness (QED) is 0.735. The Morgan fingerprint density at radius 1 is 1.33 bits per heavy atom. The third-order valence-corrected chi connectivity index (χ3v) is 4.98. The number of alkyl halides is 1. The van der Waals surface area contributed by atoms with Crippen LogP contribution in [0.3, 0.4) is 0 Å². The van der Waals surface area contributed by atoms with E-state index in [4.69, 9.17) is 5.73 Å². The van der Waals surface area contributed by atoms with Crippen molar-refractivity contribution in [2.45, 2.75) is 44.9 Å². The van der Waals surface area contributed by atoms with Gasteiger partial charge in [-0.3, -0.25) is 4.79 Å². The molecule has 0 radical (unpaired) electrons. The number of nitrogens with one attached hydrogen (secondary N) is 1. The third kappa shape index (κ3) is 3.34. The summed E-state index contributed by atoms with van der Waals surface area (Å²) in [6, 6.07) is 3.69. The van der Waals surface area contributed by atoms with Gasteiger partial charge in [-0.05, 0) is 43.7 Å². The maximum atomic E-state index is 13.6. The van der Waals surface area contributed by atoms with E-state index in [1.54, 1.807) is 23.2 Å². The first-order valence-corrected chi connectivity index (χ1v) is 9.08. The molecule has 0 amide bonds. The Bertz CT molecular complexity index is 1030. The van der Waals surface area contributed by atoms with E-state index < -0.39 is 6.17 Å². The van der Waals surface area contributed by atoms with E-state index in [9.17, 15) is 9.18 Å². The van der Waals surface area contributed by atoms with Gasteiger partial charge in [0.05, 0.1) is 11.1 Å². The number of rotatable bonds is 4. The minimum atomic E-state index is -0.810. The monoisotopic (exact) mass is 368 g/mol. The van der Waals surface area contributed by atoms with Crippen LogP contribution >= 0.6 is 0 Å². The lowest BCUT2D eigenvalue weighted by molar-refractivity contribution is 0.341. The lowest BCUT2D eigenvalue weighted by atomic mass is 10.1. The highest BCUT2D eigenvalue weighted by Gasteiger charge is 2.25. The summed E-state index contributed by atoms with van der Waals surface area (Å²) < 4.78 is 15.2. The summed E-state index contributed by atoms with van der Waals surface area (Å²) in [6.07, 6.45) is 5.82. The third-order valence-electron chi connectivity index (χ3n) is 4.98. The summed E-state index contributed by atoms with van der Waals surface area (Å²) in [5, 5.41) is 4.58. The van der Waals surface area contributed by atoms with Gasteiger partial charge in [-0.2, -0.15) is 0 Å². The summed E-state index contributed by atoms with van der Waals surface area (Å²) >= 11 is 0. The summed E-state index contributed by atoms with van der Waals surface area (Å²) in [5.41, 5.74) is 6.78. The molecule has 0 bridgehead atoms. The van der Waals surface area contributed by atoms with E-state index >= 15 is 0 Å². The zero-order chi connectivity index (χ0) is 19.0. The molecule has 1 unspecified atom stereocenters. The molecule has 7 nitrogen and oxygen atoms in total. The second-order valence-electron chi connectivity index (χ2n) is 6.81. The molecule has 1 aliphatic rings. The highest BCUT2D eigenvalue weighted by atomic mass is 19.1. The number of aryl methyl sites for hydroxylation is 1. The average molecular weight is 368 g/mol. The van der Waals surface area contributed by atoms with Gasteiger partial charge in [-0.25, -0.2) is 19.3 Å². The predicted octanol–water partition coefficient (Wildman–Crippen LogP) is 2.76. The molecule has 0 spiro atoms. The fourth-order valence-corrected chi connectivity index (χ4v) is 3.53. The molecule has 1 fully saturated rings. The van der Waals surface area contributed by atoms with Crippen molar-refractivity contribution >= 4 is 22.5 Å². The Kier molecular flexibility index (Phi) is 4.47. The van der Waals surface area contributed by atoms with Crippen LogP contribution in [0.4, 0.5) is 16.2 Å². The van der Waals surface area contributed by atoms with Crippen molar-refractivity contribution in [3.05, 3.63) is 41.1 Å². The normalized spacial score (nSPS) is 19.5. The molecule has 0 saturated heterocycles. The fourth-order valence-electron chi connectivity index (χ4n) is 3.53. The maximum absolute atomic E-state index is 13.6. The summed E-state index contributed by atoms with van der Waals surface area (Å²) in [6.45, 7) is 2.48.